The minimum absolute atomic E-state index is 0.0446. The van der Waals surface area contributed by atoms with E-state index in [4.69, 9.17) is 5.26 Å². The Morgan fingerprint density at radius 3 is 2.50 bits per heavy atom. The third-order valence-electron chi connectivity index (χ3n) is 5.00. The molecule has 1 aromatic carbocycles. The molecule has 2 unspecified atom stereocenters. The van der Waals surface area contributed by atoms with Crippen molar-refractivity contribution in [1.82, 2.24) is 0 Å². The highest BCUT2D eigenvalue weighted by Gasteiger charge is 2.50. The summed E-state index contributed by atoms with van der Waals surface area (Å²) in [5.74, 6) is 0.568. The third kappa shape index (κ3) is 3.22. The molecule has 0 spiro atoms. The molecule has 1 aliphatic carbocycles. The quantitative estimate of drug-likeness (QED) is 0.774. The van der Waals surface area contributed by atoms with Crippen LogP contribution in [0.15, 0.2) is 30.3 Å². The minimum atomic E-state index is -0.0636. The molecule has 0 aliphatic heterocycles. The maximum atomic E-state index is 12.4. The zero-order valence-corrected chi connectivity index (χ0v) is 13.8. The smallest absolute Gasteiger partial charge is 0.159 e. The Labute approximate surface area is 133 Å². The lowest BCUT2D eigenvalue weighted by Gasteiger charge is -2.50. The van der Waals surface area contributed by atoms with Crippen LogP contribution in [0.3, 0.4) is 0 Å². The van der Waals surface area contributed by atoms with E-state index in [1.165, 1.54) is 0 Å². The van der Waals surface area contributed by atoms with Crippen LogP contribution in [-0.4, -0.2) is 19.9 Å². The predicted molar refractivity (Wildman–Crippen MR) is 90.4 cm³/mol. The predicted octanol–water partition coefficient (Wildman–Crippen LogP) is 3.91. The highest BCUT2D eigenvalue weighted by Crippen LogP contribution is 2.53. The van der Waals surface area contributed by atoms with Gasteiger partial charge in [0.15, 0.2) is 5.78 Å². The number of hydrogen-bond donors (Lipinski definition) is 0. The highest BCUT2D eigenvalue weighted by molar-refractivity contribution is 5.96. The Morgan fingerprint density at radius 1 is 1.36 bits per heavy atom. The molecule has 2 rings (SSSR count). The number of rotatable bonds is 5. The van der Waals surface area contributed by atoms with Crippen molar-refractivity contribution in [2.24, 2.45) is 17.3 Å². The first-order valence-electron chi connectivity index (χ1n) is 7.72. The number of carbonyl (C=O) groups is 1. The van der Waals surface area contributed by atoms with Crippen molar-refractivity contribution in [2.45, 2.75) is 26.7 Å². The standard InChI is InChI=1S/C19H24N2O/c1-19(2)15(11-12-20)13-17(19)18(22)10-7-14-5-8-16(9-6-14)21(3)4/h5-10,15,17H,11,13H2,1-4H3. The molecule has 1 fully saturated rings. The van der Waals surface area contributed by atoms with Crippen LogP contribution >= 0.6 is 0 Å². The summed E-state index contributed by atoms with van der Waals surface area (Å²) < 4.78 is 0. The molecule has 3 nitrogen and oxygen atoms in total. The molecular formula is C19H24N2O. The van der Waals surface area contributed by atoms with Crippen molar-refractivity contribution < 1.29 is 4.79 Å². The molecule has 0 saturated heterocycles. The number of allylic oxidation sites excluding steroid dienone is 1. The monoisotopic (exact) mass is 296 g/mol. The lowest BCUT2D eigenvalue weighted by molar-refractivity contribution is -0.132. The van der Waals surface area contributed by atoms with E-state index in [-0.39, 0.29) is 17.1 Å². The summed E-state index contributed by atoms with van der Waals surface area (Å²) in [5.41, 5.74) is 2.11. The van der Waals surface area contributed by atoms with Gasteiger partial charge in [0.25, 0.3) is 0 Å². The molecule has 2 atom stereocenters. The van der Waals surface area contributed by atoms with Gasteiger partial charge in [-0.15, -0.1) is 0 Å². The van der Waals surface area contributed by atoms with Gasteiger partial charge in [-0.05, 0) is 41.5 Å². The Balaban J connectivity index is 1.99. The Bertz CT molecular complexity index is 605. The number of anilines is 1. The Morgan fingerprint density at radius 2 is 2.00 bits per heavy atom. The molecule has 1 aromatic rings. The number of carbonyl (C=O) groups excluding carboxylic acids is 1. The topological polar surface area (TPSA) is 44.1 Å². The van der Waals surface area contributed by atoms with Crippen molar-refractivity contribution >= 4 is 17.5 Å². The van der Waals surface area contributed by atoms with Gasteiger partial charge in [0.1, 0.15) is 0 Å². The number of ketones is 1. The van der Waals surface area contributed by atoms with Crippen LogP contribution in [0.2, 0.25) is 0 Å². The summed E-state index contributed by atoms with van der Waals surface area (Å²) in [6.07, 6.45) is 4.96. The summed E-state index contributed by atoms with van der Waals surface area (Å²) in [6, 6.07) is 10.3. The van der Waals surface area contributed by atoms with Gasteiger partial charge in [0.05, 0.1) is 6.07 Å². The fourth-order valence-corrected chi connectivity index (χ4v) is 3.13. The van der Waals surface area contributed by atoms with Gasteiger partial charge in [-0.25, -0.2) is 0 Å². The molecule has 1 aliphatic rings. The van der Waals surface area contributed by atoms with Crippen LogP contribution in [0.25, 0.3) is 6.08 Å². The lowest BCUT2D eigenvalue weighted by atomic mass is 9.52. The average molecular weight is 296 g/mol. The molecule has 0 aromatic heterocycles. The Hall–Kier alpha value is -2.08. The van der Waals surface area contributed by atoms with Gasteiger partial charge < -0.3 is 4.90 Å². The van der Waals surface area contributed by atoms with Crippen LogP contribution < -0.4 is 4.90 Å². The number of nitrogens with zero attached hydrogens (tertiary/aromatic N) is 2. The summed E-state index contributed by atoms with van der Waals surface area (Å²) >= 11 is 0. The summed E-state index contributed by atoms with van der Waals surface area (Å²) in [7, 11) is 4.01. The van der Waals surface area contributed by atoms with E-state index in [9.17, 15) is 4.79 Å². The number of nitriles is 1. The fourth-order valence-electron chi connectivity index (χ4n) is 3.13. The van der Waals surface area contributed by atoms with E-state index < -0.39 is 0 Å². The fraction of sp³-hybridized carbons (Fsp3) is 0.474. The second kappa shape index (κ2) is 6.36. The van der Waals surface area contributed by atoms with E-state index in [1.807, 2.05) is 49.3 Å². The molecule has 0 N–H and O–H groups in total. The van der Waals surface area contributed by atoms with Crippen LogP contribution in [0.4, 0.5) is 5.69 Å². The molecule has 116 valence electrons. The first-order chi connectivity index (χ1) is 10.4. The van der Waals surface area contributed by atoms with E-state index in [1.54, 1.807) is 6.08 Å². The molecule has 1 saturated carbocycles. The van der Waals surface area contributed by atoms with Crippen molar-refractivity contribution in [3.05, 3.63) is 35.9 Å². The highest BCUT2D eigenvalue weighted by atomic mass is 16.1. The number of benzene rings is 1. The molecule has 0 radical (unpaired) electrons. The van der Waals surface area contributed by atoms with Gasteiger partial charge in [0.2, 0.25) is 0 Å². The van der Waals surface area contributed by atoms with Gasteiger partial charge in [-0.3, -0.25) is 4.79 Å². The van der Waals surface area contributed by atoms with E-state index in [0.717, 1.165) is 17.7 Å². The zero-order valence-electron chi connectivity index (χ0n) is 13.8. The van der Waals surface area contributed by atoms with Gasteiger partial charge in [0, 0.05) is 32.1 Å². The van der Waals surface area contributed by atoms with E-state index in [0.29, 0.717) is 12.3 Å². The number of hydrogen-bond acceptors (Lipinski definition) is 3. The molecular weight excluding hydrogens is 272 g/mol. The first kappa shape index (κ1) is 16.3. The summed E-state index contributed by atoms with van der Waals surface area (Å²) in [4.78, 5) is 14.4. The van der Waals surface area contributed by atoms with Crippen LogP contribution in [0, 0.1) is 28.6 Å². The normalized spacial score (nSPS) is 22.9. The van der Waals surface area contributed by atoms with Crippen molar-refractivity contribution in [3.63, 3.8) is 0 Å². The summed E-state index contributed by atoms with van der Waals surface area (Å²) in [5, 5.41) is 8.82. The van der Waals surface area contributed by atoms with Crippen LogP contribution in [0.5, 0.6) is 0 Å². The molecule has 0 amide bonds. The molecule has 0 bridgehead atoms. The molecule has 0 heterocycles. The minimum Gasteiger partial charge on any atom is -0.378 e. The van der Waals surface area contributed by atoms with Crippen molar-refractivity contribution in [2.75, 3.05) is 19.0 Å². The van der Waals surface area contributed by atoms with Crippen molar-refractivity contribution in [1.29, 1.82) is 5.26 Å². The van der Waals surface area contributed by atoms with E-state index >= 15 is 0 Å². The second-order valence-corrected chi connectivity index (χ2v) is 6.89. The van der Waals surface area contributed by atoms with E-state index in [2.05, 4.69) is 19.9 Å². The average Bonchev–Trinajstić information content (AvgIpc) is 2.49. The van der Waals surface area contributed by atoms with Crippen LogP contribution in [-0.2, 0) is 4.79 Å². The SMILES string of the molecule is CN(C)c1ccc(C=CC(=O)C2CC(CC#N)C2(C)C)cc1. The zero-order chi connectivity index (χ0) is 16.3. The third-order valence-corrected chi connectivity index (χ3v) is 5.00. The van der Waals surface area contributed by atoms with Gasteiger partial charge >= 0.3 is 0 Å². The van der Waals surface area contributed by atoms with Gasteiger partial charge in [-0.2, -0.15) is 5.26 Å². The first-order valence-corrected chi connectivity index (χ1v) is 7.72. The Kier molecular flexibility index (Phi) is 4.71. The maximum absolute atomic E-state index is 12.4. The van der Waals surface area contributed by atoms with Crippen molar-refractivity contribution in [3.8, 4) is 6.07 Å². The molecule has 3 heteroatoms. The summed E-state index contributed by atoms with van der Waals surface area (Å²) in [6.45, 7) is 4.20. The lowest BCUT2D eigenvalue weighted by Crippen LogP contribution is -2.48. The van der Waals surface area contributed by atoms with Crippen LogP contribution in [0.1, 0.15) is 32.3 Å². The largest absolute Gasteiger partial charge is 0.378 e. The second-order valence-electron chi connectivity index (χ2n) is 6.89. The van der Waals surface area contributed by atoms with Gasteiger partial charge in [-0.1, -0.05) is 32.1 Å². The molecule has 22 heavy (non-hydrogen) atoms. The maximum Gasteiger partial charge on any atom is 0.159 e.